The minimum Gasteiger partial charge on any atom is -0.359 e. The number of rotatable bonds is 3. The molecule has 2 heterocycles. The maximum absolute atomic E-state index is 4.79. The lowest BCUT2D eigenvalue weighted by molar-refractivity contribution is 0.251. The van der Waals surface area contributed by atoms with Crippen molar-refractivity contribution in [2.75, 3.05) is 5.75 Å². The van der Waals surface area contributed by atoms with E-state index < -0.39 is 0 Å². The zero-order chi connectivity index (χ0) is 14.0. The second-order valence-electron chi connectivity index (χ2n) is 6.22. The summed E-state index contributed by atoms with van der Waals surface area (Å²) in [4.78, 5) is 7.64. The van der Waals surface area contributed by atoms with Crippen LogP contribution in [0.3, 0.4) is 0 Å². The molecule has 3 rings (SSSR count). The van der Waals surface area contributed by atoms with Crippen molar-refractivity contribution in [2.45, 2.75) is 58.0 Å². The van der Waals surface area contributed by atoms with E-state index in [0.29, 0.717) is 5.54 Å². The molecule has 2 fully saturated rings. The fourth-order valence-corrected chi connectivity index (χ4v) is 5.12. The van der Waals surface area contributed by atoms with Crippen LogP contribution in [0.2, 0.25) is 0 Å². The molecule has 0 bridgehead atoms. The highest BCUT2D eigenvalue weighted by Gasteiger charge is 2.39. The monoisotopic (exact) mass is 308 g/mol. The van der Waals surface area contributed by atoms with Gasteiger partial charge in [0.15, 0.2) is 5.17 Å². The van der Waals surface area contributed by atoms with Crippen LogP contribution in [0, 0.1) is 5.92 Å². The predicted octanol–water partition coefficient (Wildman–Crippen LogP) is 4.45. The Labute approximate surface area is 130 Å². The van der Waals surface area contributed by atoms with E-state index in [1.165, 1.54) is 46.4 Å². The number of thiophene rings is 1. The van der Waals surface area contributed by atoms with Gasteiger partial charge < -0.3 is 5.32 Å². The number of hydrogen-bond acceptors (Lipinski definition) is 3. The summed E-state index contributed by atoms with van der Waals surface area (Å²) in [6.45, 7) is 5.43. The van der Waals surface area contributed by atoms with Crippen molar-refractivity contribution in [3.63, 3.8) is 0 Å². The Morgan fingerprint density at radius 2 is 2.05 bits per heavy atom. The minimum absolute atomic E-state index is 0.361. The van der Waals surface area contributed by atoms with E-state index in [1.807, 2.05) is 23.1 Å². The third kappa shape index (κ3) is 3.22. The van der Waals surface area contributed by atoms with Crippen molar-refractivity contribution in [1.82, 2.24) is 5.32 Å². The van der Waals surface area contributed by atoms with Crippen molar-refractivity contribution in [3.8, 4) is 0 Å². The van der Waals surface area contributed by atoms with Gasteiger partial charge in [-0.15, -0.1) is 11.3 Å². The van der Waals surface area contributed by atoms with Crippen LogP contribution in [-0.4, -0.2) is 16.5 Å². The van der Waals surface area contributed by atoms with Gasteiger partial charge >= 0.3 is 0 Å². The zero-order valence-electron chi connectivity index (χ0n) is 12.4. The molecule has 2 nitrogen and oxygen atoms in total. The van der Waals surface area contributed by atoms with E-state index in [2.05, 4.69) is 31.3 Å². The van der Waals surface area contributed by atoms with E-state index >= 15 is 0 Å². The molecule has 2 aliphatic rings. The molecule has 0 unspecified atom stereocenters. The highest BCUT2D eigenvalue weighted by atomic mass is 32.2. The van der Waals surface area contributed by atoms with Crippen molar-refractivity contribution >= 4 is 28.3 Å². The topological polar surface area (TPSA) is 24.4 Å². The second-order valence-corrected chi connectivity index (χ2v) is 8.44. The maximum atomic E-state index is 4.79. The molecule has 1 N–H and O–H groups in total. The summed E-state index contributed by atoms with van der Waals surface area (Å²) in [5.74, 6) is 2.12. The molecule has 1 aliphatic heterocycles. The number of thioether (sulfide) groups is 1. The highest BCUT2D eigenvalue weighted by molar-refractivity contribution is 8.14. The summed E-state index contributed by atoms with van der Waals surface area (Å²) in [7, 11) is 0. The minimum atomic E-state index is 0.361. The Morgan fingerprint density at radius 3 is 2.75 bits per heavy atom. The SMILES string of the molecule is CCc1ccc(CN=C2NC3(CCC(C)CC3)CS2)s1. The molecule has 1 saturated carbocycles. The first kappa shape index (κ1) is 14.5. The third-order valence-corrected chi connectivity index (χ3v) is 6.95. The molecule has 1 aromatic heterocycles. The Hall–Kier alpha value is -0.480. The summed E-state index contributed by atoms with van der Waals surface area (Å²) in [5.41, 5.74) is 0.361. The largest absolute Gasteiger partial charge is 0.359 e. The van der Waals surface area contributed by atoms with Crippen LogP contribution in [0.25, 0.3) is 0 Å². The molecule has 20 heavy (non-hydrogen) atoms. The van der Waals surface area contributed by atoms with Gasteiger partial charge in [-0.25, -0.2) is 0 Å². The fourth-order valence-electron chi connectivity index (χ4n) is 3.02. The van der Waals surface area contributed by atoms with Gasteiger partial charge in [0.2, 0.25) is 0 Å². The average Bonchev–Trinajstić information content (AvgIpc) is 3.08. The molecule has 0 radical (unpaired) electrons. The van der Waals surface area contributed by atoms with Crippen molar-refractivity contribution in [3.05, 3.63) is 21.9 Å². The predicted molar refractivity (Wildman–Crippen MR) is 90.8 cm³/mol. The number of aliphatic imine (C=N–C) groups is 1. The Balaban J connectivity index is 1.58. The van der Waals surface area contributed by atoms with Gasteiger partial charge in [-0.2, -0.15) is 0 Å². The standard InChI is InChI=1S/C16H24N2S2/c1-3-13-4-5-14(20-13)10-17-15-18-16(11-19-15)8-6-12(2)7-9-16/h4-5,12H,3,6-11H2,1-2H3,(H,17,18). The molecular weight excluding hydrogens is 284 g/mol. The number of nitrogens with zero attached hydrogens (tertiary/aromatic N) is 1. The molecule has 0 aromatic carbocycles. The fraction of sp³-hybridized carbons (Fsp3) is 0.688. The average molecular weight is 309 g/mol. The van der Waals surface area contributed by atoms with Crippen molar-refractivity contribution in [2.24, 2.45) is 10.9 Å². The van der Waals surface area contributed by atoms with Crippen LogP contribution in [0.15, 0.2) is 17.1 Å². The summed E-state index contributed by atoms with van der Waals surface area (Å²) < 4.78 is 0. The second kappa shape index (κ2) is 6.10. The first-order valence-electron chi connectivity index (χ1n) is 7.72. The van der Waals surface area contributed by atoms with Gasteiger partial charge in [0.1, 0.15) is 0 Å². The number of nitrogens with one attached hydrogen (secondary N) is 1. The van der Waals surface area contributed by atoms with Crippen LogP contribution in [-0.2, 0) is 13.0 Å². The summed E-state index contributed by atoms with van der Waals surface area (Å²) in [5, 5.41) is 4.91. The number of hydrogen-bond donors (Lipinski definition) is 1. The van der Waals surface area contributed by atoms with Gasteiger partial charge in [-0.1, -0.05) is 25.6 Å². The smallest absolute Gasteiger partial charge is 0.157 e. The van der Waals surface area contributed by atoms with Crippen molar-refractivity contribution < 1.29 is 0 Å². The molecule has 1 aliphatic carbocycles. The molecular formula is C16H24N2S2. The van der Waals surface area contributed by atoms with Gasteiger partial charge in [0, 0.05) is 21.0 Å². The normalized spacial score (nSPS) is 31.9. The maximum Gasteiger partial charge on any atom is 0.157 e. The zero-order valence-corrected chi connectivity index (χ0v) is 14.1. The van der Waals surface area contributed by atoms with Gasteiger partial charge in [0.25, 0.3) is 0 Å². The molecule has 4 heteroatoms. The third-order valence-electron chi connectivity index (χ3n) is 4.53. The highest BCUT2D eigenvalue weighted by Crippen LogP contribution is 2.38. The van der Waals surface area contributed by atoms with E-state index in [4.69, 9.17) is 4.99 Å². The van der Waals surface area contributed by atoms with E-state index in [9.17, 15) is 0 Å². The van der Waals surface area contributed by atoms with Crippen LogP contribution in [0.5, 0.6) is 0 Å². The van der Waals surface area contributed by atoms with E-state index in [0.717, 1.165) is 18.9 Å². The number of amidine groups is 1. The molecule has 0 atom stereocenters. The molecule has 110 valence electrons. The Morgan fingerprint density at radius 1 is 1.30 bits per heavy atom. The quantitative estimate of drug-likeness (QED) is 0.892. The van der Waals surface area contributed by atoms with Gasteiger partial charge in [0.05, 0.1) is 6.54 Å². The molecule has 1 spiro atoms. The van der Waals surface area contributed by atoms with Crippen LogP contribution < -0.4 is 5.32 Å². The lowest BCUT2D eigenvalue weighted by atomic mass is 9.78. The Bertz CT molecular complexity index is 484. The molecule has 0 amide bonds. The molecule has 1 saturated heterocycles. The van der Waals surface area contributed by atoms with Gasteiger partial charge in [-0.05, 0) is 50.2 Å². The van der Waals surface area contributed by atoms with Gasteiger partial charge in [-0.3, -0.25) is 4.99 Å². The summed E-state index contributed by atoms with van der Waals surface area (Å²) in [6.07, 6.45) is 6.51. The Kier molecular flexibility index (Phi) is 4.41. The summed E-state index contributed by atoms with van der Waals surface area (Å²) in [6, 6.07) is 4.46. The number of aryl methyl sites for hydroxylation is 1. The van der Waals surface area contributed by atoms with Crippen molar-refractivity contribution in [1.29, 1.82) is 0 Å². The lowest BCUT2D eigenvalue weighted by Crippen LogP contribution is -2.46. The van der Waals surface area contributed by atoms with E-state index in [-0.39, 0.29) is 0 Å². The lowest BCUT2D eigenvalue weighted by Gasteiger charge is -2.35. The summed E-state index contributed by atoms with van der Waals surface area (Å²) >= 11 is 3.82. The van der Waals surface area contributed by atoms with Crippen LogP contribution in [0.4, 0.5) is 0 Å². The molecule has 1 aromatic rings. The van der Waals surface area contributed by atoms with Crippen LogP contribution >= 0.6 is 23.1 Å². The first-order chi connectivity index (χ1) is 9.69. The first-order valence-corrected chi connectivity index (χ1v) is 9.52. The van der Waals surface area contributed by atoms with Crippen LogP contribution in [0.1, 0.15) is 49.3 Å². The van der Waals surface area contributed by atoms with E-state index in [1.54, 1.807) is 0 Å².